The van der Waals surface area contributed by atoms with E-state index in [9.17, 15) is 18.0 Å². The fourth-order valence-corrected chi connectivity index (χ4v) is 3.81. The first-order valence-electron chi connectivity index (χ1n) is 8.77. The minimum absolute atomic E-state index is 0.132. The molecule has 13 heteroatoms. The lowest BCUT2D eigenvalue weighted by Gasteiger charge is -2.28. The topological polar surface area (TPSA) is 141 Å². The van der Waals surface area contributed by atoms with Gasteiger partial charge < -0.3 is 9.80 Å². The summed E-state index contributed by atoms with van der Waals surface area (Å²) >= 11 is 0. The van der Waals surface area contributed by atoms with Crippen molar-refractivity contribution in [1.29, 1.82) is 0 Å². The van der Waals surface area contributed by atoms with E-state index in [1.807, 2.05) is 0 Å². The minimum atomic E-state index is -4.81. The van der Waals surface area contributed by atoms with E-state index in [-0.39, 0.29) is 13.2 Å². The normalized spacial score (nSPS) is 25.7. The fourth-order valence-electron chi connectivity index (χ4n) is 3.42. The van der Waals surface area contributed by atoms with Gasteiger partial charge in [0.2, 0.25) is 0 Å². The number of hydrogen-bond donors (Lipinski definition) is 2. The summed E-state index contributed by atoms with van der Waals surface area (Å²) in [6.07, 6.45) is 4.80. The highest BCUT2D eigenvalue weighted by molar-refractivity contribution is 7.80. The van der Waals surface area contributed by atoms with E-state index in [0.717, 1.165) is 13.1 Å². The van der Waals surface area contributed by atoms with Crippen molar-refractivity contribution < 1.29 is 31.7 Å². The van der Waals surface area contributed by atoms with Crippen LogP contribution in [-0.2, 0) is 24.3 Å². The first-order chi connectivity index (χ1) is 12.8. The number of carbonyl (C=O) groups is 2. The summed E-state index contributed by atoms with van der Waals surface area (Å²) in [6, 6.07) is -2.12. The van der Waals surface area contributed by atoms with Gasteiger partial charge >= 0.3 is 16.4 Å². The molecule has 12 nitrogen and oxygen atoms in total. The Kier molecular flexibility index (Phi) is 6.14. The second-order valence-corrected chi connectivity index (χ2v) is 7.59. The van der Waals surface area contributed by atoms with Crippen LogP contribution in [0.2, 0.25) is 0 Å². The van der Waals surface area contributed by atoms with Crippen LogP contribution in [-0.4, -0.2) is 91.0 Å². The van der Waals surface area contributed by atoms with Crippen LogP contribution in [0.5, 0.6) is 0 Å². The number of fused-ring (bicyclic) bond motifs is 2. The maximum Gasteiger partial charge on any atom is 0.418 e. The van der Waals surface area contributed by atoms with Crippen LogP contribution < -0.4 is 5.48 Å². The van der Waals surface area contributed by atoms with Gasteiger partial charge in [-0.25, -0.2) is 10.3 Å². The molecule has 3 heterocycles. The lowest BCUT2D eigenvalue weighted by molar-refractivity contribution is -0.138. The number of hydrogen-bond acceptors (Lipinski definition) is 7. The molecule has 2 atom stereocenters. The van der Waals surface area contributed by atoms with Crippen molar-refractivity contribution in [3.8, 4) is 0 Å². The Labute approximate surface area is 156 Å². The highest BCUT2D eigenvalue weighted by Crippen LogP contribution is 2.30. The summed E-state index contributed by atoms with van der Waals surface area (Å²) in [7, 11) is -4.81. The van der Waals surface area contributed by atoms with Gasteiger partial charge in [-0.1, -0.05) is 0 Å². The number of amides is 3. The van der Waals surface area contributed by atoms with E-state index >= 15 is 0 Å². The van der Waals surface area contributed by atoms with Crippen molar-refractivity contribution >= 4 is 28.7 Å². The predicted octanol–water partition coefficient (Wildman–Crippen LogP) is -0.839. The van der Waals surface area contributed by atoms with Crippen molar-refractivity contribution in [2.45, 2.75) is 37.8 Å². The molecule has 3 aliphatic heterocycles. The molecule has 0 aliphatic carbocycles. The van der Waals surface area contributed by atoms with Crippen LogP contribution in [0.15, 0.2) is 4.99 Å². The van der Waals surface area contributed by atoms with Crippen LogP contribution in [0.1, 0.15) is 25.7 Å². The van der Waals surface area contributed by atoms with E-state index in [1.54, 1.807) is 6.34 Å². The van der Waals surface area contributed by atoms with Gasteiger partial charge in [0.05, 0.1) is 25.5 Å². The fraction of sp³-hybridized carbons (Fsp3) is 0.786. The smallest absolute Gasteiger partial charge is 0.363 e. The molecule has 152 valence electrons. The Hall–Kier alpha value is -1.96. The Morgan fingerprint density at radius 3 is 2.78 bits per heavy atom. The third-order valence-electron chi connectivity index (χ3n) is 4.68. The molecule has 3 amide bonds. The number of nitrogens with one attached hydrogen (secondary N) is 1. The zero-order chi connectivity index (χ0) is 19.4. The van der Waals surface area contributed by atoms with Gasteiger partial charge in [-0.05, 0) is 25.7 Å². The van der Waals surface area contributed by atoms with Crippen LogP contribution in [0.25, 0.3) is 0 Å². The van der Waals surface area contributed by atoms with Gasteiger partial charge in [0.15, 0.2) is 0 Å². The molecule has 0 aromatic heterocycles. The number of aliphatic imine (C=N–C) groups is 1. The Morgan fingerprint density at radius 1 is 1.33 bits per heavy atom. The molecule has 3 rings (SSSR count). The SMILES string of the molecule is O=C(NOCCN=CN1CCCC1)[C@@H]1CC[C@@H]2CN1C(=O)N2OS(=O)(=O)O. The maximum atomic E-state index is 12.3. The van der Waals surface area contributed by atoms with Gasteiger partial charge in [0.25, 0.3) is 5.91 Å². The molecule has 0 saturated carbocycles. The first-order valence-corrected chi connectivity index (χ1v) is 10.1. The molecule has 3 aliphatic rings. The maximum absolute atomic E-state index is 12.3. The number of carbonyl (C=O) groups excluding carboxylic acids is 2. The summed E-state index contributed by atoms with van der Waals surface area (Å²) in [5, 5.41) is 0.594. The molecule has 3 saturated heterocycles. The van der Waals surface area contributed by atoms with Crippen molar-refractivity contribution in [2.24, 2.45) is 4.99 Å². The van der Waals surface area contributed by atoms with Crippen molar-refractivity contribution in [1.82, 2.24) is 20.3 Å². The van der Waals surface area contributed by atoms with Crippen LogP contribution in [0, 0.1) is 0 Å². The summed E-state index contributed by atoms with van der Waals surface area (Å²) in [4.78, 5) is 37.1. The molecular weight excluding hydrogens is 382 g/mol. The second kappa shape index (κ2) is 8.37. The molecule has 2 N–H and O–H groups in total. The van der Waals surface area contributed by atoms with E-state index in [2.05, 4.69) is 19.7 Å². The van der Waals surface area contributed by atoms with Crippen LogP contribution in [0.4, 0.5) is 4.79 Å². The number of urea groups is 1. The van der Waals surface area contributed by atoms with Gasteiger partial charge in [0, 0.05) is 19.6 Å². The number of likely N-dealkylation sites (tertiary alicyclic amines) is 1. The number of nitrogens with zero attached hydrogens (tertiary/aromatic N) is 4. The highest BCUT2D eigenvalue weighted by atomic mass is 32.3. The summed E-state index contributed by atoms with van der Waals surface area (Å²) < 4.78 is 34.8. The molecule has 27 heavy (non-hydrogen) atoms. The van der Waals surface area contributed by atoms with Gasteiger partial charge in [-0.2, -0.15) is 13.5 Å². The molecular formula is C14H23N5O7S. The molecule has 0 aromatic rings. The third-order valence-corrected chi connectivity index (χ3v) is 5.03. The van der Waals surface area contributed by atoms with E-state index in [0.29, 0.717) is 24.4 Å². The Balaban J connectivity index is 1.42. The van der Waals surface area contributed by atoms with Gasteiger partial charge in [-0.3, -0.25) is 19.2 Å². The predicted molar refractivity (Wildman–Crippen MR) is 91.6 cm³/mol. The molecule has 0 radical (unpaired) electrons. The van der Waals surface area contributed by atoms with Crippen molar-refractivity contribution in [3.63, 3.8) is 0 Å². The lowest BCUT2D eigenvalue weighted by atomic mass is 10.0. The Bertz CT molecular complexity index is 694. The first kappa shape index (κ1) is 19.8. The number of rotatable bonds is 8. The van der Waals surface area contributed by atoms with Crippen LogP contribution in [0.3, 0.4) is 0 Å². The van der Waals surface area contributed by atoms with Gasteiger partial charge in [0.1, 0.15) is 6.04 Å². The average molecular weight is 405 g/mol. The van der Waals surface area contributed by atoms with E-state index < -0.39 is 34.4 Å². The molecule has 0 unspecified atom stereocenters. The van der Waals surface area contributed by atoms with Crippen molar-refractivity contribution in [3.05, 3.63) is 0 Å². The molecule has 3 fully saturated rings. The highest BCUT2D eigenvalue weighted by Gasteiger charge is 2.49. The van der Waals surface area contributed by atoms with Crippen molar-refractivity contribution in [2.75, 3.05) is 32.8 Å². The zero-order valence-corrected chi connectivity index (χ0v) is 15.5. The second-order valence-electron chi connectivity index (χ2n) is 6.59. The summed E-state index contributed by atoms with van der Waals surface area (Å²) in [5.41, 5.74) is 2.30. The monoisotopic (exact) mass is 405 g/mol. The standard InChI is InChI=1S/C14H23N5O7S/c20-13(16-25-8-5-15-10-17-6-1-2-7-17)12-4-3-11-9-18(12)14(21)19(11)26-27(22,23)24/h10-12H,1-9H2,(H,16,20)(H,22,23,24)/t11-,12+/m1/s1. The Morgan fingerprint density at radius 2 is 2.07 bits per heavy atom. The molecule has 0 aromatic carbocycles. The van der Waals surface area contributed by atoms with Crippen LogP contribution >= 0.6 is 0 Å². The lowest BCUT2D eigenvalue weighted by Crippen LogP contribution is -2.49. The largest absolute Gasteiger partial charge is 0.418 e. The molecule has 2 bridgehead atoms. The molecule has 0 spiro atoms. The zero-order valence-electron chi connectivity index (χ0n) is 14.7. The quantitative estimate of drug-likeness (QED) is 0.175. The van der Waals surface area contributed by atoms with E-state index in [4.69, 9.17) is 9.39 Å². The summed E-state index contributed by atoms with van der Waals surface area (Å²) in [6.45, 7) is 2.73. The number of piperidine rings is 1. The number of hydroxylamine groups is 3. The van der Waals surface area contributed by atoms with Gasteiger partial charge in [-0.15, -0.1) is 4.28 Å². The average Bonchev–Trinajstić information content (AvgIpc) is 3.20. The third kappa shape index (κ3) is 5.06. The van der Waals surface area contributed by atoms with E-state index in [1.165, 1.54) is 17.7 Å². The minimum Gasteiger partial charge on any atom is -0.363 e. The summed E-state index contributed by atoms with van der Waals surface area (Å²) in [5.74, 6) is -0.501.